The number of nitrogens with zero attached hydrogens (tertiary/aromatic N) is 4. The fourth-order valence-electron chi connectivity index (χ4n) is 3.51. The number of hydrogen-bond acceptors (Lipinski definition) is 5. The Kier molecular flexibility index (Phi) is 4.40. The number of carbonyl (C=O) groups excluding carboxylic acids is 2. The Balaban J connectivity index is 1.61. The number of amides is 2. The van der Waals surface area contributed by atoms with Crippen molar-refractivity contribution in [2.45, 2.75) is 51.1 Å². The van der Waals surface area contributed by atoms with E-state index in [-0.39, 0.29) is 17.7 Å². The lowest BCUT2D eigenvalue weighted by Gasteiger charge is -2.37. The zero-order chi connectivity index (χ0) is 15.5. The third kappa shape index (κ3) is 3.13. The molecule has 120 valence electrons. The summed E-state index contributed by atoms with van der Waals surface area (Å²) < 4.78 is 4.69. The summed E-state index contributed by atoms with van der Waals surface area (Å²) in [6.07, 6.45) is 6.89. The van der Waals surface area contributed by atoms with E-state index < -0.39 is 0 Å². The Labute approximate surface area is 129 Å². The third-order valence-corrected chi connectivity index (χ3v) is 4.72. The maximum absolute atomic E-state index is 12.6. The average Bonchev–Trinajstić information content (AvgIpc) is 3.20. The molecule has 3 rings (SSSR count). The Morgan fingerprint density at radius 3 is 2.86 bits per heavy atom. The Hall–Kier alpha value is -1.92. The molecule has 1 aliphatic heterocycles. The first kappa shape index (κ1) is 15.0. The Morgan fingerprint density at radius 2 is 2.18 bits per heavy atom. The van der Waals surface area contributed by atoms with Crippen molar-refractivity contribution in [1.29, 1.82) is 0 Å². The molecule has 2 aliphatic rings. The molecule has 1 atom stereocenters. The minimum absolute atomic E-state index is 0.0558. The van der Waals surface area contributed by atoms with Gasteiger partial charge in [-0.2, -0.15) is 4.98 Å². The van der Waals surface area contributed by atoms with Crippen LogP contribution in [0.25, 0.3) is 0 Å². The summed E-state index contributed by atoms with van der Waals surface area (Å²) in [6.45, 7) is 0.891. The lowest BCUT2D eigenvalue weighted by Crippen LogP contribution is -2.49. The molecule has 0 N–H and O–H groups in total. The van der Waals surface area contributed by atoms with E-state index in [9.17, 15) is 9.59 Å². The van der Waals surface area contributed by atoms with Crippen molar-refractivity contribution in [3.8, 4) is 0 Å². The maximum atomic E-state index is 12.6. The molecule has 2 heterocycles. The molecular weight excluding hydrogens is 284 g/mol. The average molecular weight is 306 g/mol. The van der Waals surface area contributed by atoms with E-state index >= 15 is 0 Å². The van der Waals surface area contributed by atoms with Crippen LogP contribution in [0.5, 0.6) is 0 Å². The summed E-state index contributed by atoms with van der Waals surface area (Å²) in [4.78, 5) is 32.2. The van der Waals surface area contributed by atoms with Crippen molar-refractivity contribution in [2.24, 2.45) is 5.92 Å². The fraction of sp³-hybridized carbons (Fsp3) is 0.733. The monoisotopic (exact) mass is 306 g/mol. The van der Waals surface area contributed by atoms with Gasteiger partial charge in [0.25, 0.3) is 0 Å². The van der Waals surface area contributed by atoms with Gasteiger partial charge < -0.3 is 14.3 Å². The van der Waals surface area contributed by atoms with E-state index in [1.165, 1.54) is 19.2 Å². The normalized spacial score (nSPS) is 23.0. The molecule has 7 heteroatoms. The fourth-order valence-corrected chi connectivity index (χ4v) is 3.51. The summed E-state index contributed by atoms with van der Waals surface area (Å²) in [5.74, 6) is 0.641. The number of aromatic nitrogens is 2. The van der Waals surface area contributed by atoms with Gasteiger partial charge in [0.05, 0.1) is 12.5 Å². The lowest BCUT2D eigenvalue weighted by atomic mass is 9.94. The van der Waals surface area contributed by atoms with Gasteiger partial charge in [-0.15, -0.1) is 0 Å². The first-order chi connectivity index (χ1) is 10.6. The minimum Gasteiger partial charge on any atom is -0.343 e. The molecule has 1 aliphatic carbocycles. The van der Waals surface area contributed by atoms with Gasteiger partial charge in [-0.25, -0.2) is 0 Å². The number of rotatable bonds is 4. The molecule has 0 unspecified atom stereocenters. The van der Waals surface area contributed by atoms with Crippen molar-refractivity contribution in [1.82, 2.24) is 19.9 Å². The lowest BCUT2D eigenvalue weighted by molar-refractivity contribution is -0.144. The van der Waals surface area contributed by atoms with Crippen molar-refractivity contribution in [3.05, 3.63) is 12.2 Å². The van der Waals surface area contributed by atoms with Gasteiger partial charge in [0.15, 0.2) is 5.82 Å². The number of likely N-dealkylation sites (tertiary alicyclic amines) is 1. The maximum Gasteiger partial charge on any atom is 0.227 e. The van der Waals surface area contributed by atoms with Crippen LogP contribution < -0.4 is 0 Å². The highest BCUT2D eigenvalue weighted by molar-refractivity contribution is 5.83. The quantitative estimate of drug-likeness (QED) is 0.835. The van der Waals surface area contributed by atoms with Gasteiger partial charge in [0.1, 0.15) is 0 Å². The molecule has 0 aromatic carbocycles. The number of hydrogen-bond donors (Lipinski definition) is 0. The van der Waals surface area contributed by atoms with Crippen LogP contribution in [0.1, 0.15) is 44.3 Å². The van der Waals surface area contributed by atoms with E-state index in [0.717, 1.165) is 12.8 Å². The molecule has 1 saturated carbocycles. The predicted molar refractivity (Wildman–Crippen MR) is 77.5 cm³/mol. The Bertz CT molecular complexity index is 525. The standard InChI is InChI=1S/C15H22N4O3/c1-18(9-13-16-10-22-17-13)15(21)11-6-7-14(20)19(8-11)12-4-2-3-5-12/h10-12H,2-9H2,1H3/t11-/m0/s1. The van der Waals surface area contributed by atoms with Crippen LogP contribution in [0.2, 0.25) is 0 Å². The first-order valence-electron chi connectivity index (χ1n) is 7.95. The number of carbonyl (C=O) groups is 2. The molecule has 1 aromatic heterocycles. The molecule has 1 saturated heterocycles. The molecule has 2 amide bonds. The number of piperidine rings is 1. The van der Waals surface area contributed by atoms with Crippen LogP contribution >= 0.6 is 0 Å². The summed E-state index contributed by atoms with van der Waals surface area (Å²) in [6, 6.07) is 0.339. The second-order valence-corrected chi connectivity index (χ2v) is 6.26. The van der Waals surface area contributed by atoms with Crippen molar-refractivity contribution >= 4 is 11.8 Å². The molecule has 7 nitrogen and oxygen atoms in total. The van der Waals surface area contributed by atoms with Gasteiger partial charge in [0, 0.05) is 26.1 Å². The largest absolute Gasteiger partial charge is 0.343 e. The van der Waals surface area contributed by atoms with Crippen LogP contribution in [0.4, 0.5) is 0 Å². The smallest absolute Gasteiger partial charge is 0.227 e. The highest BCUT2D eigenvalue weighted by atomic mass is 16.5. The molecule has 0 spiro atoms. The van der Waals surface area contributed by atoms with Gasteiger partial charge in [-0.3, -0.25) is 9.59 Å². The second-order valence-electron chi connectivity index (χ2n) is 6.26. The van der Waals surface area contributed by atoms with Gasteiger partial charge >= 0.3 is 0 Å². The van der Waals surface area contributed by atoms with Gasteiger partial charge in [0.2, 0.25) is 18.2 Å². The SMILES string of the molecule is CN(Cc1ncon1)C(=O)[C@H]1CCC(=O)N(C2CCCC2)C1. The van der Waals surface area contributed by atoms with Gasteiger partial charge in [-0.05, 0) is 19.3 Å². The van der Waals surface area contributed by atoms with Crippen LogP contribution in [0, 0.1) is 5.92 Å². The van der Waals surface area contributed by atoms with Crippen molar-refractivity contribution in [3.63, 3.8) is 0 Å². The molecule has 1 aromatic rings. The third-order valence-electron chi connectivity index (χ3n) is 4.72. The molecule has 0 bridgehead atoms. The van der Waals surface area contributed by atoms with E-state index in [1.54, 1.807) is 11.9 Å². The van der Waals surface area contributed by atoms with E-state index in [2.05, 4.69) is 14.7 Å². The highest BCUT2D eigenvalue weighted by Crippen LogP contribution is 2.29. The van der Waals surface area contributed by atoms with Crippen LogP contribution in [-0.2, 0) is 16.1 Å². The van der Waals surface area contributed by atoms with Crippen LogP contribution in [0.3, 0.4) is 0 Å². The van der Waals surface area contributed by atoms with Crippen LogP contribution in [0.15, 0.2) is 10.9 Å². The van der Waals surface area contributed by atoms with E-state index in [1.807, 2.05) is 4.90 Å². The van der Waals surface area contributed by atoms with Crippen molar-refractivity contribution < 1.29 is 14.1 Å². The molecular formula is C15H22N4O3. The van der Waals surface area contributed by atoms with E-state index in [4.69, 9.17) is 0 Å². The zero-order valence-electron chi connectivity index (χ0n) is 12.9. The predicted octanol–water partition coefficient (Wildman–Crippen LogP) is 1.21. The zero-order valence-corrected chi connectivity index (χ0v) is 12.9. The second kappa shape index (κ2) is 6.46. The van der Waals surface area contributed by atoms with Crippen molar-refractivity contribution in [2.75, 3.05) is 13.6 Å². The summed E-state index contributed by atoms with van der Waals surface area (Å²) in [5, 5.41) is 3.73. The topological polar surface area (TPSA) is 79.5 Å². The molecule has 22 heavy (non-hydrogen) atoms. The molecule has 2 fully saturated rings. The van der Waals surface area contributed by atoms with Gasteiger partial charge in [-0.1, -0.05) is 18.0 Å². The van der Waals surface area contributed by atoms with E-state index in [0.29, 0.717) is 37.8 Å². The summed E-state index contributed by atoms with van der Waals surface area (Å²) in [7, 11) is 1.75. The summed E-state index contributed by atoms with van der Waals surface area (Å²) >= 11 is 0. The minimum atomic E-state index is -0.116. The van der Waals surface area contributed by atoms with Crippen LogP contribution in [-0.4, -0.2) is 51.4 Å². The Morgan fingerprint density at radius 1 is 1.41 bits per heavy atom. The summed E-state index contributed by atoms with van der Waals surface area (Å²) in [5.41, 5.74) is 0. The highest BCUT2D eigenvalue weighted by Gasteiger charge is 2.36. The first-order valence-corrected chi connectivity index (χ1v) is 7.95. The molecule has 0 radical (unpaired) electrons.